The van der Waals surface area contributed by atoms with Gasteiger partial charge in [0.2, 0.25) is 0 Å². The maximum Gasteiger partial charge on any atom is 0.435 e. The minimum absolute atomic E-state index is 0.117. The number of nitrogens with one attached hydrogen (secondary N) is 2. The lowest BCUT2D eigenvalue weighted by atomic mass is 10.0. The van der Waals surface area contributed by atoms with Crippen molar-refractivity contribution in [1.82, 2.24) is 34.2 Å². The summed E-state index contributed by atoms with van der Waals surface area (Å²) in [6, 6.07) is 5.95. The SMILES string of the molecule is CCC1(Cn2c(=O)n(C)c3ccc(Nc4nc(-n5ccc(C(F)(F)F)n5)ncc4Cl)cc32)CNC(=O)O1. The van der Waals surface area contributed by atoms with Crippen LogP contribution in [0.4, 0.5) is 29.5 Å². The molecule has 4 aromatic rings. The molecule has 0 saturated carbocycles. The zero-order chi connectivity index (χ0) is 26.5. The van der Waals surface area contributed by atoms with Crippen LogP contribution < -0.4 is 16.3 Å². The molecule has 4 heterocycles. The zero-order valence-electron chi connectivity index (χ0n) is 19.5. The summed E-state index contributed by atoms with van der Waals surface area (Å²) in [5.74, 6) is -0.000565. The third-order valence-electron chi connectivity index (χ3n) is 6.18. The normalized spacial score (nSPS) is 17.7. The van der Waals surface area contributed by atoms with E-state index >= 15 is 0 Å². The number of carbonyl (C=O) groups is 1. The molecule has 1 aliphatic heterocycles. The number of aromatic nitrogens is 6. The first kappa shape index (κ1) is 24.6. The van der Waals surface area contributed by atoms with Gasteiger partial charge in [-0.05, 0) is 30.7 Å². The summed E-state index contributed by atoms with van der Waals surface area (Å²) in [5, 5.41) is 9.26. The molecule has 5 rings (SSSR count). The number of nitrogens with zero attached hydrogens (tertiary/aromatic N) is 6. The number of ether oxygens (including phenoxy) is 1. The number of imidazole rings is 1. The van der Waals surface area contributed by atoms with Crippen molar-refractivity contribution in [2.24, 2.45) is 7.05 Å². The average molecular weight is 537 g/mol. The molecule has 1 amide bonds. The molecule has 0 radical (unpaired) electrons. The number of cyclic esters (lactones) is 1. The molecule has 194 valence electrons. The molecule has 1 aliphatic rings. The number of benzene rings is 1. The van der Waals surface area contributed by atoms with Gasteiger partial charge in [-0.15, -0.1) is 0 Å². The molecule has 2 N–H and O–H groups in total. The molecule has 1 saturated heterocycles. The van der Waals surface area contributed by atoms with Crippen LogP contribution in [-0.4, -0.2) is 47.1 Å². The van der Waals surface area contributed by atoms with E-state index in [1.165, 1.54) is 15.3 Å². The first-order valence-electron chi connectivity index (χ1n) is 11.1. The number of hydrogen-bond donors (Lipinski definition) is 2. The number of alkyl halides is 3. The van der Waals surface area contributed by atoms with E-state index in [9.17, 15) is 22.8 Å². The summed E-state index contributed by atoms with van der Waals surface area (Å²) in [7, 11) is 1.64. The molecule has 0 aliphatic carbocycles. The van der Waals surface area contributed by atoms with E-state index < -0.39 is 23.6 Å². The number of alkyl carbamates (subject to hydrolysis) is 1. The molecule has 15 heteroatoms. The smallest absolute Gasteiger partial charge is 0.435 e. The summed E-state index contributed by atoms with van der Waals surface area (Å²) in [5.41, 5.74) is -0.527. The Labute approximate surface area is 211 Å². The van der Waals surface area contributed by atoms with Crippen LogP contribution in [0.5, 0.6) is 0 Å². The van der Waals surface area contributed by atoms with Gasteiger partial charge in [0, 0.05) is 18.9 Å². The molecule has 1 fully saturated rings. The van der Waals surface area contributed by atoms with Gasteiger partial charge in [-0.25, -0.2) is 19.3 Å². The van der Waals surface area contributed by atoms with Crippen LogP contribution >= 0.6 is 11.6 Å². The van der Waals surface area contributed by atoms with Crippen molar-refractivity contribution in [1.29, 1.82) is 0 Å². The molecule has 37 heavy (non-hydrogen) atoms. The fourth-order valence-corrected chi connectivity index (χ4v) is 4.25. The van der Waals surface area contributed by atoms with Crippen molar-refractivity contribution < 1.29 is 22.7 Å². The van der Waals surface area contributed by atoms with Gasteiger partial charge in [-0.2, -0.15) is 23.3 Å². The summed E-state index contributed by atoms with van der Waals surface area (Å²) in [6.45, 7) is 2.28. The summed E-state index contributed by atoms with van der Waals surface area (Å²) in [4.78, 5) is 32.9. The van der Waals surface area contributed by atoms with Gasteiger partial charge in [0.15, 0.2) is 11.5 Å². The van der Waals surface area contributed by atoms with Gasteiger partial charge in [-0.3, -0.25) is 9.13 Å². The van der Waals surface area contributed by atoms with E-state index in [0.717, 1.165) is 16.9 Å². The van der Waals surface area contributed by atoms with Gasteiger partial charge in [-0.1, -0.05) is 18.5 Å². The van der Waals surface area contributed by atoms with Gasteiger partial charge in [0.25, 0.3) is 5.95 Å². The summed E-state index contributed by atoms with van der Waals surface area (Å²) < 4.78 is 48.2. The minimum atomic E-state index is -4.61. The van der Waals surface area contributed by atoms with Crippen molar-refractivity contribution in [3.8, 4) is 5.95 Å². The van der Waals surface area contributed by atoms with Crippen molar-refractivity contribution in [2.45, 2.75) is 31.7 Å². The number of rotatable bonds is 6. The second-order valence-corrected chi connectivity index (χ2v) is 8.95. The average Bonchev–Trinajstić information content (AvgIpc) is 3.55. The molecule has 3 aromatic heterocycles. The number of anilines is 2. The van der Waals surface area contributed by atoms with E-state index in [4.69, 9.17) is 16.3 Å². The monoisotopic (exact) mass is 536 g/mol. The molecule has 1 unspecified atom stereocenters. The zero-order valence-corrected chi connectivity index (χ0v) is 20.3. The Morgan fingerprint density at radius 1 is 1.24 bits per heavy atom. The van der Waals surface area contributed by atoms with E-state index in [0.29, 0.717) is 23.1 Å². The van der Waals surface area contributed by atoms with Crippen LogP contribution in [0, 0.1) is 0 Å². The number of hydrogen-bond acceptors (Lipinski definition) is 7. The largest absolute Gasteiger partial charge is 0.439 e. The van der Waals surface area contributed by atoms with E-state index in [-0.39, 0.29) is 35.6 Å². The number of carbonyl (C=O) groups excluding carboxylic acids is 1. The Balaban J connectivity index is 1.49. The molecule has 11 nitrogen and oxygen atoms in total. The molecular weight excluding hydrogens is 517 g/mol. The predicted octanol–water partition coefficient (Wildman–Crippen LogP) is 3.62. The first-order chi connectivity index (χ1) is 17.5. The lowest BCUT2D eigenvalue weighted by Crippen LogP contribution is -2.40. The predicted molar refractivity (Wildman–Crippen MR) is 127 cm³/mol. The van der Waals surface area contributed by atoms with Crippen LogP contribution in [0.25, 0.3) is 17.0 Å². The maximum absolute atomic E-state index is 13.0. The molecular formula is C22H20ClF3N8O3. The Kier molecular flexibility index (Phi) is 5.85. The minimum Gasteiger partial charge on any atom is -0.439 e. The Morgan fingerprint density at radius 3 is 2.68 bits per heavy atom. The van der Waals surface area contributed by atoms with Gasteiger partial charge >= 0.3 is 18.0 Å². The van der Waals surface area contributed by atoms with Gasteiger partial charge in [0.05, 0.1) is 30.3 Å². The maximum atomic E-state index is 13.0. The fourth-order valence-electron chi connectivity index (χ4n) is 4.11. The quantitative estimate of drug-likeness (QED) is 0.386. The van der Waals surface area contributed by atoms with Crippen LogP contribution in [-0.2, 0) is 24.5 Å². The second-order valence-electron chi connectivity index (χ2n) is 8.55. The van der Waals surface area contributed by atoms with E-state index in [2.05, 4.69) is 25.7 Å². The Bertz CT molecular complexity index is 1580. The highest BCUT2D eigenvalue weighted by atomic mass is 35.5. The Morgan fingerprint density at radius 2 is 2.03 bits per heavy atom. The van der Waals surface area contributed by atoms with Crippen molar-refractivity contribution in [3.63, 3.8) is 0 Å². The van der Waals surface area contributed by atoms with E-state index in [1.807, 2.05) is 6.92 Å². The van der Waals surface area contributed by atoms with Crippen LogP contribution in [0.1, 0.15) is 19.0 Å². The molecule has 1 atom stereocenters. The van der Waals surface area contributed by atoms with Crippen LogP contribution in [0.3, 0.4) is 0 Å². The van der Waals surface area contributed by atoms with Crippen molar-refractivity contribution in [2.75, 3.05) is 11.9 Å². The summed E-state index contributed by atoms with van der Waals surface area (Å²) in [6.07, 6.45) is -2.31. The van der Waals surface area contributed by atoms with Gasteiger partial charge in [0.1, 0.15) is 10.6 Å². The highest BCUT2D eigenvalue weighted by Crippen LogP contribution is 2.30. The number of halogens is 4. The topological polar surface area (TPSA) is 121 Å². The second kappa shape index (κ2) is 8.80. The lowest BCUT2D eigenvalue weighted by Gasteiger charge is -2.25. The molecule has 0 bridgehead atoms. The lowest BCUT2D eigenvalue weighted by molar-refractivity contribution is -0.141. The number of amides is 1. The van der Waals surface area contributed by atoms with E-state index in [1.54, 1.807) is 25.2 Å². The van der Waals surface area contributed by atoms with Crippen LogP contribution in [0.15, 0.2) is 41.5 Å². The third-order valence-corrected chi connectivity index (χ3v) is 6.46. The van der Waals surface area contributed by atoms with Crippen LogP contribution in [0.2, 0.25) is 5.02 Å². The Hall–Kier alpha value is -4.07. The van der Waals surface area contributed by atoms with Crippen molar-refractivity contribution >= 4 is 40.2 Å². The fraction of sp³-hybridized carbons (Fsp3) is 0.318. The number of fused-ring (bicyclic) bond motifs is 1. The standard InChI is InChI=1S/C22H20ClF3N8O3/c1-3-21(10-28-19(35)37-21)11-33-15-8-12(4-5-14(15)32(2)20(33)36)29-17-13(23)9-27-18(30-17)34-7-6-16(31-34)22(24,25)26/h4-9H,3,10-11H2,1-2H3,(H,28,35)(H,27,29,30). The first-order valence-corrected chi connectivity index (χ1v) is 11.5. The van der Waals surface area contributed by atoms with Gasteiger partial charge < -0.3 is 15.4 Å². The molecule has 0 spiro atoms. The molecule has 1 aromatic carbocycles. The highest BCUT2D eigenvalue weighted by molar-refractivity contribution is 6.32. The number of aryl methyl sites for hydroxylation is 1. The third kappa shape index (κ3) is 4.48. The summed E-state index contributed by atoms with van der Waals surface area (Å²) >= 11 is 6.24. The highest BCUT2D eigenvalue weighted by Gasteiger charge is 2.40. The van der Waals surface area contributed by atoms with Crippen molar-refractivity contribution in [3.05, 3.63) is 57.9 Å².